The first kappa shape index (κ1) is 21.2. The van der Waals surface area contributed by atoms with Crippen LogP contribution in [0.25, 0.3) is 0 Å². The molecule has 0 aromatic rings. The second-order valence-corrected chi connectivity index (χ2v) is 3.52. The maximum atomic E-state index is 11.1. The summed E-state index contributed by atoms with van der Waals surface area (Å²) in [7, 11) is 1.15. The number of hydrogen-bond acceptors (Lipinski definition) is 7. The third kappa shape index (κ3) is 12.6. The molecule has 120 valence electrons. The molecule has 0 amide bonds. The van der Waals surface area contributed by atoms with Gasteiger partial charge in [0.15, 0.2) is 0 Å². The zero-order chi connectivity index (χ0) is 15.5. The maximum absolute atomic E-state index is 11.1. The molecule has 10 heteroatoms. The third-order valence-electron chi connectivity index (χ3n) is 1.93. The monoisotopic (exact) mass is 325 g/mol. The normalized spacial score (nSPS) is 10.0. The Hall–Kier alpha value is -2.13. The highest BCUT2D eigenvalue weighted by Gasteiger charge is 2.13. The highest BCUT2D eigenvalue weighted by Crippen LogP contribution is 1.91. The number of hydrogen-bond donors (Lipinski definition) is 2. The van der Waals surface area contributed by atoms with Gasteiger partial charge in [-0.25, -0.2) is 9.59 Å². The van der Waals surface area contributed by atoms with Crippen molar-refractivity contribution in [1.29, 1.82) is 0 Å². The molecule has 9 nitrogen and oxygen atoms in total. The summed E-state index contributed by atoms with van der Waals surface area (Å²) in [5, 5.41) is 17.1. The maximum Gasteiger partial charge on any atom is 0.331 e. The molecule has 0 fully saturated rings. The summed E-state index contributed by atoms with van der Waals surface area (Å²) in [4.78, 5) is 43.9. The molecule has 0 aliphatic heterocycles. The van der Waals surface area contributed by atoms with Crippen molar-refractivity contribution in [2.75, 3.05) is 33.4 Å². The van der Waals surface area contributed by atoms with E-state index in [2.05, 4.69) is 9.47 Å². The van der Waals surface area contributed by atoms with E-state index < -0.39 is 37.0 Å². The molecule has 0 saturated carbocycles. The molecule has 0 heterocycles. The van der Waals surface area contributed by atoms with Crippen LogP contribution in [0.5, 0.6) is 0 Å². The van der Waals surface area contributed by atoms with Gasteiger partial charge >= 0.3 is 23.9 Å². The van der Waals surface area contributed by atoms with Crippen LogP contribution in [0.15, 0.2) is 12.2 Å². The van der Waals surface area contributed by atoms with Crippen LogP contribution in [0.4, 0.5) is 0 Å². The molecule has 21 heavy (non-hydrogen) atoms. The number of carbonyl (C=O) groups excluding carboxylic acids is 2. The Labute approximate surface area is 126 Å². The Morgan fingerprint density at radius 1 is 1.00 bits per heavy atom. The summed E-state index contributed by atoms with van der Waals surface area (Å²) in [6, 6.07) is 0. The summed E-state index contributed by atoms with van der Waals surface area (Å²) in [5.74, 6) is -3.92. The molecule has 0 rings (SSSR count). The van der Waals surface area contributed by atoms with E-state index in [1.165, 1.54) is 0 Å². The lowest BCUT2D eigenvalue weighted by atomic mass is 10.4. The predicted molar refractivity (Wildman–Crippen MR) is 71.1 cm³/mol. The van der Waals surface area contributed by atoms with Crippen molar-refractivity contribution in [2.45, 2.75) is 0 Å². The second-order valence-electron chi connectivity index (χ2n) is 3.52. The van der Waals surface area contributed by atoms with Gasteiger partial charge in [-0.2, -0.15) is 0 Å². The van der Waals surface area contributed by atoms with E-state index in [0.717, 1.165) is 24.2 Å². The van der Waals surface area contributed by atoms with Crippen molar-refractivity contribution in [3.8, 4) is 0 Å². The first-order valence-corrected chi connectivity index (χ1v) is 5.44. The van der Waals surface area contributed by atoms with Gasteiger partial charge < -0.3 is 19.7 Å². The number of carbonyl (C=O) groups is 4. The van der Waals surface area contributed by atoms with Crippen molar-refractivity contribution < 1.29 is 38.9 Å². The first-order valence-electron chi connectivity index (χ1n) is 5.44. The summed E-state index contributed by atoms with van der Waals surface area (Å²) >= 11 is 0. The average Bonchev–Trinajstić information content (AvgIpc) is 2.34. The molecule has 0 aromatic carbocycles. The Morgan fingerprint density at radius 3 is 1.90 bits per heavy atom. The lowest BCUT2D eigenvalue weighted by Gasteiger charge is -2.17. The average molecular weight is 326 g/mol. The Bertz CT molecular complexity index is 393. The topological polar surface area (TPSA) is 130 Å². The van der Waals surface area contributed by atoms with Gasteiger partial charge in [-0.1, -0.05) is 0 Å². The number of carboxylic acid groups (broad SMARTS) is 2. The Balaban J connectivity index is 0. The van der Waals surface area contributed by atoms with Crippen LogP contribution < -0.4 is 0 Å². The van der Waals surface area contributed by atoms with Crippen molar-refractivity contribution in [2.24, 2.45) is 0 Å². The molecule has 0 unspecified atom stereocenters. The van der Waals surface area contributed by atoms with Crippen LogP contribution in [-0.4, -0.2) is 72.3 Å². The first-order chi connectivity index (χ1) is 9.35. The fraction of sp³-hybridized carbons (Fsp3) is 0.455. The second kappa shape index (κ2) is 11.7. The molecule has 2 N–H and O–H groups in total. The van der Waals surface area contributed by atoms with E-state index in [1.807, 2.05) is 0 Å². The van der Waals surface area contributed by atoms with E-state index in [0.29, 0.717) is 0 Å². The zero-order valence-corrected chi connectivity index (χ0v) is 12.0. The summed E-state index contributed by atoms with van der Waals surface area (Å²) in [5.41, 5.74) is 0. The number of methoxy groups -OCH3 is 1. The Kier molecular flexibility index (Phi) is 11.8. The van der Waals surface area contributed by atoms with Crippen LogP contribution in [0.2, 0.25) is 0 Å². The van der Waals surface area contributed by atoms with Crippen LogP contribution in [-0.2, 0) is 28.7 Å². The summed E-state index contributed by atoms with van der Waals surface area (Å²) in [6.45, 7) is -1.23. The standard InChI is InChI=1S/C11H15NO8.ClH/c1-19-10(17)2-3-11(18)20-5-4-12(6-8(13)14)7-9(15)16;/h2-3H,4-7H2,1H3,(H,13,14)(H,15,16);1H. The summed E-state index contributed by atoms with van der Waals surface area (Å²) in [6.07, 6.45) is 1.72. The minimum absolute atomic E-state index is 0. The van der Waals surface area contributed by atoms with Gasteiger partial charge in [-0.15, -0.1) is 12.4 Å². The Morgan fingerprint density at radius 2 is 1.48 bits per heavy atom. The van der Waals surface area contributed by atoms with Crippen LogP contribution in [0.3, 0.4) is 0 Å². The molecule has 0 aromatic heterocycles. The van der Waals surface area contributed by atoms with Gasteiger partial charge in [0.2, 0.25) is 0 Å². The molecule has 0 bridgehead atoms. The molecule has 0 aliphatic rings. The highest BCUT2D eigenvalue weighted by molar-refractivity contribution is 5.91. The molecular formula is C11H16ClNO8. The van der Waals surface area contributed by atoms with Crippen molar-refractivity contribution >= 4 is 36.3 Å². The van der Waals surface area contributed by atoms with Crippen LogP contribution in [0, 0.1) is 0 Å². The molecule has 0 aliphatic carbocycles. The van der Waals surface area contributed by atoms with Crippen molar-refractivity contribution in [3.05, 3.63) is 12.2 Å². The fourth-order valence-electron chi connectivity index (χ4n) is 1.12. The van der Waals surface area contributed by atoms with E-state index in [9.17, 15) is 19.2 Å². The van der Waals surface area contributed by atoms with Gasteiger partial charge in [-0.3, -0.25) is 14.5 Å². The van der Waals surface area contributed by atoms with E-state index in [1.54, 1.807) is 0 Å². The highest BCUT2D eigenvalue weighted by atomic mass is 35.5. The number of nitrogens with zero attached hydrogens (tertiary/aromatic N) is 1. The zero-order valence-electron chi connectivity index (χ0n) is 11.2. The van der Waals surface area contributed by atoms with E-state index >= 15 is 0 Å². The van der Waals surface area contributed by atoms with Crippen LogP contribution in [0.1, 0.15) is 0 Å². The predicted octanol–water partition coefficient (Wildman–Crippen LogP) is -0.848. The molecule has 0 saturated heterocycles. The SMILES string of the molecule is COC(=O)C=CC(=O)OCCN(CC(=O)O)CC(=O)O.Cl. The van der Waals surface area contributed by atoms with Gasteiger partial charge in [0, 0.05) is 18.7 Å². The van der Waals surface area contributed by atoms with Crippen molar-refractivity contribution in [3.63, 3.8) is 0 Å². The lowest BCUT2D eigenvalue weighted by molar-refractivity contribution is -0.143. The minimum atomic E-state index is -1.19. The van der Waals surface area contributed by atoms with E-state index in [4.69, 9.17) is 10.2 Å². The quantitative estimate of drug-likeness (QED) is 0.411. The number of ether oxygens (including phenoxy) is 2. The molecular weight excluding hydrogens is 310 g/mol. The molecule has 0 spiro atoms. The van der Waals surface area contributed by atoms with Crippen molar-refractivity contribution in [1.82, 2.24) is 4.90 Å². The largest absolute Gasteiger partial charge is 0.480 e. The number of halogens is 1. The lowest BCUT2D eigenvalue weighted by Crippen LogP contribution is -2.37. The van der Waals surface area contributed by atoms with Gasteiger partial charge in [-0.05, 0) is 0 Å². The number of aliphatic carboxylic acids is 2. The smallest absolute Gasteiger partial charge is 0.331 e. The van der Waals surface area contributed by atoms with E-state index in [-0.39, 0.29) is 25.6 Å². The third-order valence-corrected chi connectivity index (χ3v) is 1.93. The fourth-order valence-corrected chi connectivity index (χ4v) is 1.12. The molecule has 0 radical (unpaired) electrons. The van der Waals surface area contributed by atoms with Gasteiger partial charge in [0.1, 0.15) is 6.61 Å². The number of rotatable bonds is 9. The minimum Gasteiger partial charge on any atom is -0.480 e. The number of esters is 2. The summed E-state index contributed by atoms with van der Waals surface area (Å²) < 4.78 is 8.93. The number of carboxylic acids is 2. The van der Waals surface area contributed by atoms with Crippen LogP contribution >= 0.6 is 12.4 Å². The molecule has 0 atom stereocenters. The van der Waals surface area contributed by atoms with Gasteiger partial charge in [0.05, 0.1) is 20.2 Å². The van der Waals surface area contributed by atoms with Gasteiger partial charge in [0.25, 0.3) is 0 Å².